The smallest absolute Gasteiger partial charge is 0.231 e. The quantitative estimate of drug-likeness (QED) is 0.928. The molecule has 0 atom stereocenters. The molecule has 1 aromatic heterocycles. The minimum Gasteiger partial charge on any atom is -0.496 e. The lowest BCUT2D eigenvalue weighted by molar-refractivity contribution is 0.229. The Morgan fingerprint density at radius 3 is 2.90 bits per heavy atom. The molecule has 3 rings (SSSR count). The molecule has 0 aliphatic heterocycles. The molecule has 2 N–H and O–H groups in total. The van der Waals surface area contributed by atoms with Crippen molar-refractivity contribution in [1.29, 1.82) is 0 Å². The van der Waals surface area contributed by atoms with Gasteiger partial charge in [-0.2, -0.15) is 4.98 Å². The van der Waals surface area contributed by atoms with Crippen LogP contribution < -0.4 is 10.5 Å². The van der Waals surface area contributed by atoms with Gasteiger partial charge >= 0.3 is 0 Å². The number of benzene rings is 1. The number of hydrogen-bond donors (Lipinski definition) is 1. The molecule has 1 aromatic carbocycles. The van der Waals surface area contributed by atoms with Crippen LogP contribution in [0.5, 0.6) is 5.75 Å². The van der Waals surface area contributed by atoms with Gasteiger partial charge in [0.2, 0.25) is 5.89 Å². The summed E-state index contributed by atoms with van der Waals surface area (Å²) in [7, 11) is 1.65. The van der Waals surface area contributed by atoms with Gasteiger partial charge in [-0.3, -0.25) is 0 Å². The first-order valence-electron chi connectivity index (χ1n) is 6.55. The molecule has 1 aliphatic rings. The van der Waals surface area contributed by atoms with E-state index >= 15 is 0 Å². The fraction of sp³-hybridized carbons (Fsp3) is 0.429. The zero-order chi connectivity index (χ0) is 14.2. The molecule has 1 heterocycles. The van der Waals surface area contributed by atoms with Crippen LogP contribution in [0.25, 0.3) is 0 Å². The third kappa shape index (κ3) is 2.45. The molecule has 1 saturated carbocycles. The largest absolute Gasteiger partial charge is 0.496 e. The van der Waals surface area contributed by atoms with Gasteiger partial charge < -0.3 is 15.0 Å². The van der Waals surface area contributed by atoms with E-state index in [0.29, 0.717) is 18.1 Å². The van der Waals surface area contributed by atoms with Crippen LogP contribution >= 0.6 is 15.9 Å². The van der Waals surface area contributed by atoms with Crippen LogP contribution in [0.3, 0.4) is 0 Å². The van der Waals surface area contributed by atoms with Gasteiger partial charge in [0, 0.05) is 10.0 Å². The fourth-order valence-electron chi connectivity index (χ4n) is 2.36. The molecule has 0 amide bonds. The molecule has 20 heavy (non-hydrogen) atoms. The lowest BCUT2D eigenvalue weighted by Crippen LogP contribution is -2.44. The summed E-state index contributed by atoms with van der Waals surface area (Å²) >= 11 is 3.45. The number of methoxy groups -OCH3 is 1. The maximum Gasteiger partial charge on any atom is 0.231 e. The maximum absolute atomic E-state index is 6.19. The molecule has 0 saturated heterocycles. The number of rotatable bonds is 4. The average molecular weight is 338 g/mol. The first-order chi connectivity index (χ1) is 9.60. The predicted octanol–water partition coefficient (Wildman–Crippen LogP) is 2.77. The van der Waals surface area contributed by atoms with Crippen LogP contribution in [-0.4, -0.2) is 17.3 Å². The number of hydrogen-bond acceptors (Lipinski definition) is 5. The van der Waals surface area contributed by atoms with E-state index in [1.165, 1.54) is 0 Å². The van der Waals surface area contributed by atoms with Gasteiger partial charge in [-0.05, 0) is 37.5 Å². The van der Waals surface area contributed by atoms with Gasteiger partial charge in [-0.1, -0.05) is 21.1 Å². The predicted molar refractivity (Wildman–Crippen MR) is 77.5 cm³/mol. The van der Waals surface area contributed by atoms with Gasteiger partial charge in [0.05, 0.1) is 19.1 Å². The van der Waals surface area contributed by atoms with Gasteiger partial charge in [-0.25, -0.2) is 0 Å². The fourth-order valence-corrected chi connectivity index (χ4v) is 2.77. The van der Waals surface area contributed by atoms with Gasteiger partial charge in [0.15, 0.2) is 5.82 Å². The standard InChI is InChI=1S/C14H16BrN3O2/c1-19-11-4-3-10(15)7-9(11)8-12-17-13(18-20-12)14(16)5-2-6-14/h3-4,7H,2,5-6,8,16H2,1H3. The van der Waals surface area contributed by atoms with Crippen LogP contribution in [-0.2, 0) is 12.0 Å². The third-order valence-corrected chi connectivity index (χ3v) is 4.24. The van der Waals surface area contributed by atoms with E-state index in [1.807, 2.05) is 18.2 Å². The van der Waals surface area contributed by atoms with E-state index in [0.717, 1.165) is 35.0 Å². The van der Waals surface area contributed by atoms with E-state index < -0.39 is 0 Å². The molecule has 0 radical (unpaired) electrons. The Labute approximate surface area is 125 Å². The molecule has 6 heteroatoms. The van der Waals surface area contributed by atoms with Crippen LogP contribution in [0.15, 0.2) is 27.2 Å². The Morgan fingerprint density at radius 2 is 2.25 bits per heavy atom. The second kappa shape index (κ2) is 5.18. The summed E-state index contributed by atoms with van der Waals surface area (Å²) in [6, 6.07) is 5.84. The molecule has 1 fully saturated rings. The number of aromatic nitrogens is 2. The zero-order valence-corrected chi connectivity index (χ0v) is 12.8. The molecule has 2 aromatic rings. The van der Waals surface area contributed by atoms with Crippen LogP contribution in [0, 0.1) is 0 Å². The van der Waals surface area contributed by atoms with Crippen LogP contribution in [0.2, 0.25) is 0 Å². The lowest BCUT2D eigenvalue weighted by atomic mass is 9.77. The van der Waals surface area contributed by atoms with Gasteiger partial charge in [0.1, 0.15) is 5.75 Å². The van der Waals surface area contributed by atoms with Crippen LogP contribution in [0.4, 0.5) is 0 Å². The molecule has 0 unspecified atom stereocenters. The third-order valence-electron chi connectivity index (χ3n) is 3.74. The van der Waals surface area contributed by atoms with Crippen molar-refractivity contribution in [3.63, 3.8) is 0 Å². The van der Waals surface area contributed by atoms with E-state index in [4.69, 9.17) is 15.0 Å². The number of nitrogens with zero attached hydrogens (tertiary/aromatic N) is 2. The Balaban J connectivity index is 1.83. The molecule has 0 bridgehead atoms. The SMILES string of the molecule is COc1ccc(Br)cc1Cc1nc(C2(N)CCC2)no1. The molecule has 0 spiro atoms. The topological polar surface area (TPSA) is 74.2 Å². The normalized spacial score (nSPS) is 16.8. The second-order valence-electron chi connectivity index (χ2n) is 5.15. The summed E-state index contributed by atoms with van der Waals surface area (Å²) in [5, 5.41) is 4.02. The van der Waals surface area contributed by atoms with Crippen molar-refractivity contribution in [2.75, 3.05) is 7.11 Å². The first kappa shape index (κ1) is 13.6. The minimum atomic E-state index is -0.386. The summed E-state index contributed by atoms with van der Waals surface area (Å²) in [6.07, 6.45) is 3.50. The Hall–Kier alpha value is -1.40. The summed E-state index contributed by atoms with van der Waals surface area (Å²) < 4.78 is 11.6. The highest BCUT2D eigenvalue weighted by atomic mass is 79.9. The summed E-state index contributed by atoms with van der Waals surface area (Å²) in [5.74, 6) is 1.99. The van der Waals surface area contributed by atoms with Crippen molar-refractivity contribution in [3.05, 3.63) is 40.0 Å². The van der Waals surface area contributed by atoms with E-state index in [-0.39, 0.29) is 5.54 Å². The van der Waals surface area contributed by atoms with Crippen LogP contribution in [0.1, 0.15) is 36.5 Å². The first-order valence-corrected chi connectivity index (χ1v) is 7.34. The summed E-state index contributed by atoms with van der Waals surface area (Å²) in [6.45, 7) is 0. The minimum absolute atomic E-state index is 0.386. The highest BCUT2D eigenvalue weighted by molar-refractivity contribution is 9.10. The van der Waals surface area contributed by atoms with Crippen molar-refractivity contribution < 1.29 is 9.26 Å². The van der Waals surface area contributed by atoms with Crippen molar-refractivity contribution in [2.24, 2.45) is 5.73 Å². The van der Waals surface area contributed by atoms with E-state index in [2.05, 4.69) is 26.1 Å². The van der Waals surface area contributed by atoms with Crippen molar-refractivity contribution in [2.45, 2.75) is 31.2 Å². The van der Waals surface area contributed by atoms with Crippen molar-refractivity contribution in [1.82, 2.24) is 10.1 Å². The average Bonchev–Trinajstić information content (AvgIpc) is 2.85. The lowest BCUT2D eigenvalue weighted by Gasteiger charge is -2.34. The van der Waals surface area contributed by atoms with Gasteiger partial charge in [-0.15, -0.1) is 0 Å². The highest BCUT2D eigenvalue weighted by Crippen LogP contribution is 2.37. The van der Waals surface area contributed by atoms with E-state index in [9.17, 15) is 0 Å². The molecule has 1 aliphatic carbocycles. The molecule has 106 valence electrons. The van der Waals surface area contributed by atoms with Crippen molar-refractivity contribution >= 4 is 15.9 Å². The monoisotopic (exact) mass is 337 g/mol. The Morgan fingerprint density at radius 1 is 1.45 bits per heavy atom. The Kier molecular flexibility index (Phi) is 3.52. The number of ether oxygens (including phenoxy) is 1. The van der Waals surface area contributed by atoms with Gasteiger partial charge in [0.25, 0.3) is 0 Å². The summed E-state index contributed by atoms with van der Waals surface area (Å²) in [4.78, 5) is 4.43. The summed E-state index contributed by atoms with van der Waals surface area (Å²) in [5.41, 5.74) is 6.81. The van der Waals surface area contributed by atoms with E-state index in [1.54, 1.807) is 7.11 Å². The molecular weight excluding hydrogens is 322 g/mol. The molecular formula is C14H16BrN3O2. The zero-order valence-electron chi connectivity index (χ0n) is 11.2. The van der Waals surface area contributed by atoms with Crippen molar-refractivity contribution in [3.8, 4) is 5.75 Å². The number of halogens is 1. The molecule has 5 nitrogen and oxygen atoms in total. The second-order valence-corrected chi connectivity index (χ2v) is 6.07. The highest BCUT2D eigenvalue weighted by Gasteiger charge is 2.38. The maximum atomic E-state index is 6.19. The Bertz CT molecular complexity index is 623. The number of nitrogens with two attached hydrogens (primary N) is 1.